The summed E-state index contributed by atoms with van der Waals surface area (Å²) in [6, 6.07) is 10.0. The lowest BCUT2D eigenvalue weighted by Gasteiger charge is -2.12. The van der Waals surface area contributed by atoms with Crippen LogP contribution in [0.1, 0.15) is 16.8 Å². The SMILES string of the molecule is Cc1cc(NCc2cc(Br)cc3c2OCC3)nc(-c2cccnc2)n1. The number of hydrogen-bond acceptors (Lipinski definition) is 5. The molecule has 0 bridgehead atoms. The first-order valence-corrected chi connectivity index (χ1v) is 8.92. The molecule has 6 heteroatoms. The third-order valence-corrected chi connectivity index (χ3v) is 4.52. The molecule has 0 saturated carbocycles. The molecule has 0 atom stereocenters. The number of rotatable bonds is 4. The molecule has 0 amide bonds. The monoisotopic (exact) mass is 396 g/mol. The maximum absolute atomic E-state index is 5.79. The fourth-order valence-electron chi connectivity index (χ4n) is 2.95. The van der Waals surface area contributed by atoms with Crippen LogP contribution in [0.5, 0.6) is 5.75 Å². The summed E-state index contributed by atoms with van der Waals surface area (Å²) in [5, 5.41) is 3.40. The fraction of sp³-hybridized carbons (Fsp3) is 0.211. The van der Waals surface area contributed by atoms with Crippen molar-refractivity contribution < 1.29 is 4.74 Å². The summed E-state index contributed by atoms with van der Waals surface area (Å²) in [6.45, 7) is 3.36. The zero-order valence-electron chi connectivity index (χ0n) is 13.8. The smallest absolute Gasteiger partial charge is 0.163 e. The molecule has 5 nitrogen and oxygen atoms in total. The van der Waals surface area contributed by atoms with E-state index in [1.807, 2.05) is 25.1 Å². The summed E-state index contributed by atoms with van der Waals surface area (Å²) < 4.78 is 6.86. The Morgan fingerprint density at radius 3 is 3.00 bits per heavy atom. The number of benzene rings is 1. The van der Waals surface area contributed by atoms with E-state index < -0.39 is 0 Å². The Hall–Kier alpha value is -2.47. The number of pyridine rings is 1. The van der Waals surface area contributed by atoms with E-state index in [1.54, 1.807) is 12.4 Å². The number of nitrogens with zero attached hydrogens (tertiary/aromatic N) is 3. The van der Waals surface area contributed by atoms with Gasteiger partial charge in [-0.2, -0.15) is 0 Å². The molecule has 126 valence electrons. The topological polar surface area (TPSA) is 59.9 Å². The van der Waals surface area contributed by atoms with Gasteiger partial charge in [0, 0.05) is 52.7 Å². The first-order valence-electron chi connectivity index (χ1n) is 8.13. The van der Waals surface area contributed by atoms with Crippen molar-refractivity contribution in [2.24, 2.45) is 0 Å². The maximum Gasteiger partial charge on any atom is 0.163 e. The minimum atomic E-state index is 0.644. The van der Waals surface area contributed by atoms with Gasteiger partial charge in [0.1, 0.15) is 11.6 Å². The van der Waals surface area contributed by atoms with Crippen molar-refractivity contribution in [3.63, 3.8) is 0 Å². The van der Waals surface area contributed by atoms with Gasteiger partial charge in [-0.1, -0.05) is 15.9 Å². The molecular weight excluding hydrogens is 380 g/mol. The predicted molar refractivity (Wildman–Crippen MR) is 101 cm³/mol. The van der Waals surface area contributed by atoms with Crippen molar-refractivity contribution in [3.05, 3.63) is 64.0 Å². The Balaban J connectivity index is 1.59. The molecule has 0 spiro atoms. The number of anilines is 1. The van der Waals surface area contributed by atoms with Gasteiger partial charge in [-0.3, -0.25) is 4.98 Å². The second-order valence-corrected chi connectivity index (χ2v) is 6.88. The Morgan fingerprint density at radius 1 is 1.24 bits per heavy atom. The second-order valence-electron chi connectivity index (χ2n) is 5.97. The molecule has 0 fully saturated rings. The van der Waals surface area contributed by atoms with Gasteiger partial charge in [0.15, 0.2) is 5.82 Å². The third kappa shape index (κ3) is 3.49. The average molecular weight is 397 g/mol. The van der Waals surface area contributed by atoms with Crippen LogP contribution in [0, 0.1) is 6.92 Å². The van der Waals surface area contributed by atoms with Gasteiger partial charge in [-0.05, 0) is 36.8 Å². The highest BCUT2D eigenvalue weighted by Crippen LogP contribution is 2.33. The molecule has 1 aromatic carbocycles. The van der Waals surface area contributed by atoms with Gasteiger partial charge < -0.3 is 10.1 Å². The first-order chi connectivity index (χ1) is 12.2. The van der Waals surface area contributed by atoms with Crippen LogP contribution in [0.3, 0.4) is 0 Å². The molecule has 1 aliphatic heterocycles. The highest BCUT2D eigenvalue weighted by molar-refractivity contribution is 9.10. The van der Waals surface area contributed by atoms with Crippen molar-refractivity contribution in [1.82, 2.24) is 15.0 Å². The number of nitrogens with one attached hydrogen (secondary N) is 1. The molecule has 0 saturated heterocycles. The van der Waals surface area contributed by atoms with Crippen molar-refractivity contribution in [2.45, 2.75) is 19.9 Å². The zero-order chi connectivity index (χ0) is 17.2. The predicted octanol–water partition coefficient (Wildman–Crippen LogP) is 4.16. The van der Waals surface area contributed by atoms with Crippen LogP contribution in [0.25, 0.3) is 11.4 Å². The Kier molecular flexibility index (Phi) is 4.36. The highest BCUT2D eigenvalue weighted by atomic mass is 79.9. The van der Waals surface area contributed by atoms with Gasteiger partial charge >= 0.3 is 0 Å². The molecule has 1 aliphatic rings. The Morgan fingerprint density at radius 2 is 2.16 bits per heavy atom. The summed E-state index contributed by atoms with van der Waals surface area (Å²) in [6.07, 6.45) is 4.47. The summed E-state index contributed by atoms with van der Waals surface area (Å²) in [5.41, 5.74) is 4.19. The molecule has 25 heavy (non-hydrogen) atoms. The largest absolute Gasteiger partial charge is 0.493 e. The van der Waals surface area contributed by atoms with E-state index in [0.717, 1.165) is 45.9 Å². The maximum atomic E-state index is 5.79. The van der Waals surface area contributed by atoms with E-state index in [9.17, 15) is 0 Å². The lowest BCUT2D eigenvalue weighted by Crippen LogP contribution is -2.05. The van der Waals surface area contributed by atoms with E-state index in [1.165, 1.54) is 5.56 Å². The van der Waals surface area contributed by atoms with Crippen LogP contribution < -0.4 is 10.1 Å². The summed E-state index contributed by atoms with van der Waals surface area (Å²) in [4.78, 5) is 13.3. The molecule has 2 aromatic heterocycles. The Bertz CT molecular complexity index is 915. The quantitative estimate of drug-likeness (QED) is 0.717. The third-order valence-electron chi connectivity index (χ3n) is 4.06. The van der Waals surface area contributed by atoms with E-state index in [-0.39, 0.29) is 0 Å². The molecule has 0 radical (unpaired) electrons. The van der Waals surface area contributed by atoms with Crippen LogP contribution >= 0.6 is 15.9 Å². The molecule has 1 N–H and O–H groups in total. The highest BCUT2D eigenvalue weighted by Gasteiger charge is 2.17. The summed E-state index contributed by atoms with van der Waals surface area (Å²) >= 11 is 3.58. The van der Waals surface area contributed by atoms with Gasteiger partial charge in [-0.25, -0.2) is 9.97 Å². The minimum absolute atomic E-state index is 0.644. The molecular formula is C19H17BrN4O. The van der Waals surface area contributed by atoms with Crippen molar-refractivity contribution in [2.75, 3.05) is 11.9 Å². The van der Waals surface area contributed by atoms with E-state index >= 15 is 0 Å². The number of hydrogen-bond donors (Lipinski definition) is 1. The van der Waals surface area contributed by atoms with Gasteiger partial charge in [0.2, 0.25) is 0 Å². The number of ether oxygens (including phenoxy) is 1. The van der Waals surface area contributed by atoms with Crippen molar-refractivity contribution in [1.29, 1.82) is 0 Å². The molecule has 0 aliphatic carbocycles. The first kappa shape index (κ1) is 16.0. The normalized spacial score (nSPS) is 12.6. The van der Waals surface area contributed by atoms with Crippen molar-refractivity contribution >= 4 is 21.7 Å². The van der Waals surface area contributed by atoms with Gasteiger partial charge in [0.25, 0.3) is 0 Å². The standard InChI is InChI=1S/C19H17BrN4O/c1-12-7-17(24-19(23-12)14-3-2-5-21-10-14)22-11-15-9-16(20)8-13-4-6-25-18(13)15/h2-3,5,7-10H,4,6,11H2,1H3,(H,22,23,24). The van der Waals surface area contributed by atoms with Crippen LogP contribution in [0.4, 0.5) is 5.82 Å². The molecule has 3 heterocycles. The van der Waals surface area contributed by atoms with Crippen LogP contribution in [0.15, 0.2) is 47.2 Å². The average Bonchev–Trinajstić information content (AvgIpc) is 3.08. The number of halogens is 1. The summed E-state index contributed by atoms with van der Waals surface area (Å²) in [5.74, 6) is 2.46. The van der Waals surface area contributed by atoms with Crippen LogP contribution in [-0.2, 0) is 13.0 Å². The fourth-order valence-corrected chi connectivity index (χ4v) is 3.50. The molecule has 4 rings (SSSR count). The minimum Gasteiger partial charge on any atom is -0.493 e. The van der Waals surface area contributed by atoms with Crippen LogP contribution in [0.2, 0.25) is 0 Å². The van der Waals surface area contributed by atoms with Gasteiger partial charge in [0.05, 0.1) is 6.61 Å². The van der Waals surface area contributed by atoms with Crippen molar-refractivity contribution in [3.8, 4) is 17.1 Å². The van der Waals surface area contributed by atoms with E-state index in [4.69, 9.17) is 4.74 Å². The zero-order valence-corrected chi connectivity index (χ0v) is 15.4. The summed E-state index contributed by atoms with van der Waals surface area (Å²) in [7, 11) is 0. The van der Waals surface area contributed by atoms with Gasteiger partial charge in [-0.15, -0.1) is 0 Å². The van der Waals surface area contributed by atoms with Crippen LogP contribution in [-0.4, -0.2) is 21.6 Å². The Labute approximate surface area is 154 Å². The lowest BCUT2D eigenvalue weighted by atomic mass is 10.1. The number of fused-ring (bicyclic) bond motifs is 1. The molecule has 0 unspecified atom stereocenters. The van der Waals surface area contributed by atoms with E-state index in [0.29, 0.717) is 12.4 Å². The molecule has 3 aromatic rings. The second kappa shape index (κ2) is 6.80. The number of aromatic nitrogens is 3. The number of aryl methyl sites for hydroxylation is 1. The lowest BCUT2D eigenvalue weighted by molar-refractivity contribution is 0.354. The van der Waals surface area contributed by atoms with E-state index in [2.05, 4.69) is 48.3 Å².